The van der Waals surface area contributed by atoms with Crippen molar-refractivity contribution in [3.8, 4) is 11.1 Å². The Morgan fingerprint density at radius 3 is 1.44 bits per heavy atom. The molecule has 7 nitrogen and oxygen atoms in total. The van der Waals surface area contributed by atoms with Gasteiger partial charge in [0.15, 0.2) is 0 Å². The maximum atomic E-state index is 11.3. The maximum absolute atomic E-state index is 11.3. The van der Waals surface area contributed by atoms with Crippen LogP contribution in [0.5, 0.6) is 0 Å². The quantitative estimate of drug-likeness (QED) is 0.0486. The van der Waals surface area contributed by atoms with E-state index in [1.807, 2.05) is 18.2 Å². The second-order valence-electron chi connectivity index (χ2n) is 12.0. The number of hydrogen-bond acceptors (Lipinski definition) is 5. The van der Waals surface area contributed by atoms with Crippen LogP contribution in [0, 0.1) is 20.2 Å². The van der Waals surface area contributed by atoms with Crippen LogP contribution < -0.4 is 4.90 Å². The number of nitro groups is 2. The van der Waals surface area contributed by atoms with Crippen molar-refractivity contribution in [1.82, 2.24) is 0 Å². The standard InChI is InChI=1S/C38H51N3O4/c1-3-5-7-9-11-13-15-29-39(30-16-14-12-10-8-6-4-2)36-26-24-35(25-27-36)34-22-19-32(20-23-34)17-18-33-21-28-37(40(42)43)38(31-33)41(44)45/h17-28,31H,3-16,29-30H2,1-2H3. The molecular formula is C38H51N3O4. The van der Waals surface area contributed by atoms with Crippen molar-refractivity contribution in [1.29, 1.82) is 0 Å². The van der Waals surface area contributed by atoms with Crippen molar-refractivity contribution >= 4 is 29.2 Å². The van der Waals surface area contributed by atoms with Crippen molar-refractivity contribution in [3.05, 3.63) is 98.1 Å². The number of anilines is 1. The van der Waals surface area contributed by atoms with Gasteiger partial charge in [0.05, 0.1) is 9.85 Å². The van der Waals surface area contributed by atoms with E-state index in [-0.39, 0.29) is 0 Å². The smallest absolute Gasteiger partial charge is 0.346 e. The minimum atomic E-state index is -0.735. The monoisotopic (exact) mass is 613 g/mol. The first-order valence-corrected chi connectivity index (χ1v) is 17.0. The molecule has 0 N–H and O–H groups in total. The molecule has 0 fully saturated rings. The van der Waals surface area contributed by atoms with E-state index >= 15 is 0 Å². The summed E-state index contributed by atoms with van der Waals surface area (Å²) in [5, 5.41) is 22.3. The van der Waals surface area contributed by atoms with Gasteiger partial charge in [-0.15, -0.1) is 0 Å². The minimum absolute atomic E-state index is 0.508. The number of unbranched alkanes of at least 4 members (excludes halogenated alkanes) is 12. The molecule has 0 aromatic heterocycles. The largest absolute Gasteiger partial charge is 0.372 e. The molecule has 0 heterocycles. The first-order valence-electron chi connectivity index (χ1n) is 17.0. The van der Waals surface area contributed by atoms with Crippen LogP contribution in [0.2, 0.25) is 0 Å². The Balaban J connectivity index is 1.61. The fourth-order valence-electron chi connectivity index (χ4n) is 5.68. The summed E-state index contributed by atoms with van der Waals surface area (Å²) in [4.78, 5) is 23.5. The summed E-state index contributed by atoms with van der Waals surface area (Å²) in [5.74, 6) is 0. The molecule has 3 aromatic rings. The summed E-state index contributed by atoms with van der Waals surface area (Å²) in [6.07, 6.45) is 22.1. The van der Waals surface area contributed by atoms with E-state index in [1.165, 1.54) is 114 Å². The Morgan fingerprint density at radius 2 is 0.956 bits per heavy atom. The fraction of sp³-hybridized carbons (Fsp3) is 0.474. The minimum Gasteiger partial charge on any atom is -0.372 e. The number of nitro benzene ring substituents is 2. The lowest BCUT2D eigenvalue weighted by atomic mass is 10.0. The van der Waals surface area contributed by atoms with Crippen LogP contribution >= 0.6 is 0 Å². The molecule has 7 heteroatoms. The third kappa shape index (κ3) is 12.5. The van der Waals surface area contributed by atoms with Gasteiger partial charge in [-0.1, -0.05) is 139 Å². The number of benzene rings is 3. The van der Waals surface area contributed by atoms with Gasteiger partial charge in [-0.2, -0.15) is 0 Å². The number of hydrogen-bond donors (Lipinski definition) is 0. The van der Waals surface area contributed by atoms with Gasteiger partial charge in [-0.05, 0) is 53.3 Å². The number of nitrogens with zero attached hydrogens (tertiary/aromatic N) is 3. The molecule has 0 aliphatic rings. The highest BCUT2D eigenvalue weighted by Crippen LogP contribution is 2.29. The Morgan fingerprint density at radius 1 is 0.533 bits per heavy atom. The second kappa shape index (κ2) is 20.1. The third-order valence-electron chi connectivity index (χ3n) is 8.40. The lowest BCUT2D eigenvalue weighted by Crippen LogP contribution is -2.25. The topological polar surface area (TPSA) is 89.5 Å². The summed E-state index contributed by atoms with van der Waals surface area (Å²) in [6.45, 7) is 6.76. The summed E-state index contributed by atoms with van der Waals surface area (Å²) < 4.78 is 0. The van der Waals surface area contributed by atoms with Crippen LogP contribution in [0.3, 0.4) is 0 Å². The molecule has 3 rings (SSSR count). The molecule has 242 valence electrons. The number of rotatable bonds is 22. The first-order chi connectivity index (χ1) is 21.9. The van der Waals surface area contributed by atoms with Crippen LogP contribution in [0.1, 0.15) is 115 Å². The molecule has 3 aromatic carbocycles. The highest BCUT2D eigenvalue weighted by molar-refractivity contribution is 5.74. The third-order valence-corrected chi connectivity index (χ3v) is 8.40. The molecular weight excluding hydrogens is 562 g/mol. The van der Waals surface area contributed by atoms with Gasteiger partial charge in [0.1, 0.15) is 0 Å². The highest BCUT2D eigenvalue weighted by atomic mass is 16.6. The average molecular weight is 614 g/mol. The van der Waals surface area contributed by atoms with E-state index < -0.39 is 21.2 Å². The molecule has 0 aliphatic heterocycles. The van der Waals surface area contributed by atoms with Crippen LogP contribution in [0.15, 0.2) is 66.7 Å². The second-order valence-corrected chi connectivity index (χ2v) is 12.0. The molecule has 0 saturated heterocycles. The van der Waals surface area contributed by atoms with E-state index in [9.17, 15) is 20.2 Å². The Labute approximate surface area is 269 Å². The normalized spacial score (nSPS) is 11.2. The summed E-state index contributed by atoms with van der Waals surface area (Å²) in [5.41, 5.74) is 4.03. The predicted octanol–water partition coefficient (Wildman–Crippen LogP) is 11.6. The molecule has 45 heavy (non-hydrogen) atoms. The van der Waals surface area contributed by atoms with Gasteiger partial charge in [0, 0.05) is 30.9 Å². The van der Waals surface area contributed by atoms with Crippen LogP contribution in [0.4, 0.5) is 17.1 Å². The van der Waals surface area contributed by atoms with E-state index in [1.54, 1.807) is 6.08 Å². The predicted molar refractivity (Wildman–Crippen MR) is 189 cm³/mol. The van der Waals surface area contributed by atoms with Gasteiger partial charge >= 0.3 is 11.4 Å². The lowest BCUT2D eigenvalue weighted by Gasteiger charge is -2.25. The van der Waals surface area contributed by atoms with Gasteiger partial charge in [0.2, 0.25) is 0 Å². The Hall–Kier alpha value is -4.00. The van der Waals surface area contributed by atoms with Gasteiger partial charge in [-0.25, -0.2) is 0 Å². The molecule has 0 aliphatic carbocycles. The maximum Gasteiger partial charge on any atom is 0.346 e. The van der Waals surface area contributed by atoms with E-state index in [0.717, 1.165) is 29.8 Å². The molecule has 0 unspecified atom stereocenters. The van der Waals surface area contributed by atoms with Crippen molar-refractivity contribution in [2.45, 2.75) is 104 Å². The van der Waals surface area contributed by atoms with E-state index in [4.69, 9.17) is 0 Å². The fourth-order valence-corrected chi connectivity index (χ4v) is 5.68. The zero-order valence-electron chi connectivity index (χ0n) is 27.3. The van der Waals surface area contributed by atoms with Crippen molar-refractivity contribution in [2.75, 3.05) is 18.0 Å². The Bertz CT molecular complexity index is 1320. The highest BCUT2D eigenvalue weighted by Gasteiger charge is 2.23. The van der Waals surface area contributed by atoms with Crippen LogP contribution in [-0.4, -0.2) is 22.9 Å². The summed E-state index contributed by atoms with van der Waals surface area (Å²) in [6, 6.07) is 21.0. The SMILES string of the molecule is CCCCCCCCCN(CCCCCCCCC)c1ccc(-c2ccc(C=Cc3ccc([N+](=O)[O-])c([N+](=O)[O-])c3)cc2)cc1. The zero-order valence-corrected chi connectivity index (χ0v) is 27.3. The first kappa shape index (κ1) is 35.5. The van der Waals surface area contributed by atoms with Gasteiger partial charge in [0.25, 0.3) is 0 Å². The molecule has 0 atom stereocenters. The molecule has 0 amide bonds. The Kier molecular flexibility index (Phi) is 15.9. The van der Waals surface area contributed by atoms with Crippen LogP contribution in [-0.2, 0) is 0 Å². The molecule has 0 spiro atoms. The summed E-state index contributed by atoms with van der Waals surface area (Å²) in [7, 11) is 0. The van der Waals surface area contributed by atoms with E-state index in [0.29, 0.717) is 5.56 Å². The van der Waals surface area contributed by atoms with Crippen molar-refractivity contribution < 1.29 is 9.85 Å². The van der Waals surface area contributed by atoms with Gasteiger partial charge in [-0.3, -0.25) is 20.2 Å². The average Bonchev–Trinajstić information content (AvgIpc) is 3.05. The summed E-state index contributed by atoms with van der Waals surface area (Å²) >= 11 is 0. The van der Waals surface area contributed by atoms with E-state index in [2.05, 4.69) is 55.1 Å². The lowest BCUT2D eigenvalue weighted by molar-refractivity contribution is -0.422. The zero-order chi connectivity index (χ0) is 32.3. The van der Waals surface area contributed by atoms with Crippen molar-refractivity contribution in [3.63, 3.8) is 0 Å². The molecule has 0 saturated carbocycles. The molecule has 0 bridgehead atoms. The van der Waals surface area contributed by atoms with Crippen LogP contribution in [0.25, 0.3) is 23.3 Å². The van der Waals surface area contributed by atoms with Crippen molar-refractivity contribution in [2.24, 2.45) is 0 Å². The molecule has 0 radical (unpaired) electrons. The van der Waals surface area contributed by atoms with Gasteiger partial charge < -0.3 is 4.90 Å².